The quantitative estimate of drug-likeness (QED) is 0.722. The summed E-state index contributed by atoms with van der Waals surface area (Å²) in [4.78, 5) is 11.6. The summed E-state index contributed by atoms with van der Waals surface area (Å²) in [5.41, 5.74) is 7.24. The molecule has 0 saturated heterocycles. The molecule has 1 rings (SSSR count). The molecule has 0 aromatic heterocycles. The minimum absolute atomic E-state index is 0.0299. The van der Waals surface area contributed by atoms with Crippen molar-refractivity contribution in [3.05, 3.63) is 29.8 Å². The van der Waals surface area contributed by atoms with Crippen molar-refractivity contribution in [2.24, 2.45) is 5.73 Å². The van der Waals surface area contributed by atoms with Crippen LogP contribution < -0.4 is 16.4 Å². The molecule has 0 radical (unpaired) electrons. The van der Waals surface area contributed by atoms with Crippen LogP contribution in [0, 0.1) is 0 Å². The predicted octanol–water partition coefficient (Wildman–Crippen LogP) is 1.30. The van der Waals surface area contributed by atoms with E-state index in [4.69, 9.17) is 10.5 Å². The van der Waals surface area contributed by atoms with E-state index in [1.165, 1.54) is 0 Å². The van der Waals surface area contributed by atoms with Gasteiger partial charge in [0, 0.05) is 19.3 Å². The number of anilines is 1. The van der Waals surface area contributed by atoms with E-state index in [1.807, 2.05) is 31.2 Å². The number of carbonyl (C=O) groups excluding carboxylic acids is 1. The van der Waals surface area contributed by atoms with Crippen LogP contribution in [0.4, 0.5) is 10.5 Å². The first kappa shape index (κ1) is 13.5. The number of hydrogen-bond acceptors (Lipinski definition) is 3. The maximum absolute atomic E-state index is 11.6. The fourth-order valence-corrected chi connectivity index (χ4v) is 1.46. The van der Waals surface area contributed by atoms with E-state index in [0.717, 1.165) is 11.3 Å². The number of benzene rings is 1. The monoisotopic (exact) mass is 237 g/mol. The molecule has 0 bridgehead atoms. The van der Waals surface area contributed by atoms with Crippen LogP contribution in [-0.4, -0.2) is 25.8 Å². The number of nitrogens with two attached hydrogens (primary N) is 1. The topological polar surface area (TPSA) is 76.4 Å². The van der Waals surface area contributed by atoms with Crippen molar-refractivity contribution in [2.75, 3.05) is 19.0 Å². The molecule has 0 aliphatic rings. The van der Waals surface area contributed by atoms with Gasteiger partial charge in [0.2, 0.25) is 0 Å². The van der Waals surface area contributed by atoms with Crippen LogP contribution in [0.1, 0.15) is 12.5 Å². The lowest BCUT2D eigenvalue weighted by Gasteiger charge is -2.13. The first-order chi connectivity index (χ1) is 8.15. The zero-order valence-electron chi connectivity index (χ0n) is 10.2. The van der Waals surface area contributed by atoms with Crippen LogP contribution >= 0.6 is 0 Å². The van der Waals surface area contributed by atoms with Crippen LogP contribution in [0.25, 0.3) is 0 Å². The number of hydrogen-bond donors (Lipinski definition) is 3. The highest BCUT2D eigenvalue weighted by molar-refractivity contribution is 5.89. The minimum atomic E-state index is -0.247. The maximum Gasteiger partial charge on any atom is 0.319 e. The van der Waals surface area contributed by atoms with Crippen molar-refractivity contribution in [3.8, 4) is 0 Å². The smallest absolute Gasteiger partial charge is 0.319 e. The summed E-state index contributed by atoms with van der Waals surface area (Å²) in [6.07, 6.45) is 0. The number of amides is 2. The average Bonchev–Trinajstić information content (AvgIpc) is 2.29. The number of nitrogens with one attached hydrogen (secondary N) is 2. The van der Waals surface area contributed by atoms with E-state index in [0.29, 0.717) is 13.2 Å². The number of carbonyl (C=O) groups is 1. The molecule has 1 unspecified atom stereocenters. The molecule has 0 fully saturated rings. The number of rotatable bonds is 5. The normalized spacial score (nSPS) is 11.9. The van der Waals surface area contributed by atoms with Gasteiger partial charge in [-0.05, 0) is 24.6 Å². The largest absolute Gasteiger partial charge is 0.383 e. The van der Waals surface area contributed by atoms with Gasteiger partial charge in [0.15, 0.2) is 0 Å². The molecule has 0 spiro atoms. The first-order valence-corrected chi connectivity index (χ1v) is 5.51. The van der Waals surface area contributed by atoms with Crippen LogP contribution in [0.15, 0.2) is 24.3 Å². The van der Waals surface area contributed by atoms with Gasteiger partial charge in [-0.3, -0.25) is 0 Å². The lowest BCUT2D eigenvalue weighted by molar-refractivity contribution is 0.173. The molecule has 0 aliphatic carbocycles. The van der Waals surface area contributed by atoms with E-state index in [1.54, 1.807) is 7.11 Å². The fraction of sp³-hybridized carbons (Fsp3) is 0.417. The van der Waals surface area contributed by atoms with Crippen LogP contribution in [0.3, 0.4) is 0 Å². The number of methoxy groups -OCH3 is 1. The van der Waals surface area contributed by atoms with Gasteiger partial charge in [-0.25, -0.2) is 4.79 Å². The summed E-state index contributed by atoms with van der Waals surface area (Å²) >= 11 is 0. The molecule has 1 atom stereocenters. The van der Waals surface area contributed by atoms with Gasteiger partial charge in [-0.15, -0.1) is 0 Å². The molecule has 4 N–H and O–H groups in total. The molecule has 5 heteroatoms. The van der Waals surface area contributed by atoms with E-state index < -0.39 is 0 Å². The standard InChI is InChI=1S/C12H19N3O2/c1-9(8-17-2)14-12(16)15-11-5-3-4-10(6-11)7-13/h3-6,9H,7-8,13H2,1-2H3,(H2,14,15,16). The van der Waals surface area contributed by atoms with Gasteiger partial charge in [0.25, 0.3) is 0 Å². The third kappa shape index (κ3) is 4.84. The first-order valence-electron chi connectivity index (χ1n) is 5.51. The molecular weight excluding hydrogens is 218 g/mol. The molecule has 2 amide bonds. The van der Waals surface area contributed by atoms with Crippen molar-refractivity contribution >= 4 is 11.7 Å². The molecular formula is C12H19N3O2. The highest BCUT2D eigenvalue weighted by Gasteiger charge is 2.06. The van der Waals surface area contributed by atoms with Crippen molar-refractivity contribution in [3.63, 3.8) is 0 Å². The van der Waals surface area contributed by atoms with Gasteiger partial charge >= 0.3 is 6.03 Å². The second-order valence-electron chi connectivity index (χ2n) is 3.86. The third-order valence-corrected chi connectivity index (χ3v) is 2.21. The van der Waals surface area contributed by atoms with E-state index in [-0.39, 0.29) is 12.1 Å². The summed E-state index contributed by atoms with van der Waals surface area (Å²) in [5.74, 6) is 0. The lowest BCUT2D eigenvalue weighted by Crippen LogP contribution is -2.38. The Labute approximate surface area is 101 Å². The second-order valence-corrected chi connectivity index (χ2v) is 3.86. The SMILES string of the molecule is COCC(C)NC(=O)Nc1cccc(CN)c1. The summed E-state index contributed by atoms with van der Waals surface area (Å²) in [6, 6.07) is 7.16. The zero-order chi connectivity index (χ0) is 12.7. The lowest BCUT2D eigenvalue weighted by atomic mass is 10.2. The summed E-state index contributed by atoms with van der Waals surface area (Å²) < 4.78 is 4.93. The Balaban J connectivity index is 2.49. The summed E-state index contributed by atoms with van der Waals surface area (Å²) in [7, 11) is 1.60. The molecule has 1 aromatic rings. The zero-order valence-corrected chi connectivity index (χ0v) is 10.2. The van der Waals surface area contributed by atoms with Gasteiger partial charge in [-0.2, -0.15) is 0 Å². The highest BCUT2D eigenvalue weighted by Crippen LogP contribution is 2.09. The van der Waals surface area contributed by atoms with Crippen LogP contribution in [0.5, 0.6) is 0 Å². The third-order valence-electron chi connectivity index (χ3n) is 2.21. The fourth-order valence-electron chi connectivity index (χ4n) is 1.46. The molecule has 0 aliphatic heterocycles. The van der Waals surface area contributed by atoms with E-state index in [9.17, 15) is 4.79 Å². The Kier molecular flexibility index (Phi) is 5.45. The number of ether oxygens (including phenoxy) is 1. The molecule has 0 heterocycles. The Bertz CT molecular complexity index is 369. The minimum Gasteiger partial charge on any atom is -0.383 e. The van der Waals surface area contributed by atoms with Crippen molar-refractivity contribution in [1.82, 2.24) is 5.32 Å². The maximum atomic E-state index is 11.6. The summed E-state index contributed by atoms with van der Waals surface area (Å²) in [6.45, 7) is 2.81. The molecule has 1 aromatic carbocycles. The van der Waals surface area contributed by atoms with Crippen molar-refractivity contribution in [1.29, 1.82) is 0 Å². The summed E-state index contributed by atoms with van der Waals surface area (Å²) in [5, 5.41) is 5.51. The number of urea groups is 1. The molecule has 17 heavy (non-hydrogen) atoms. The Hall–Kier alpha value is -1.59. The van der Waals surface area contributed by atoms with Gasteiger partial charge in [0.05, 0.1) is 12.6 Å². The van der Waals surface area contributed by atoms with Gasteiger partial charge < -0.3 is 21.1 Å². The Morgan fingerprint density at radius 1 is 1.53 bits per heavy atom. The van der Waals surface area contributed by atoms with Crippen molar-refractivity contribution < 1.29 is 9.53 Å². The average molecular weight is 237 g/mol. The van der Waals surface area contributed by atoms with Crippen LogP contribution in [0.2, 0.25) is 0 Å². The van der Waals surface area contributed by atoms with E-state index in [2.05, 4.69) is 10.6 Å². The van der Waals surface area contributed by atoms with E-state index >= 15 is 0 Å². The molecule has 94 valence electrons. The molecule has 5 nitrogen and oxygen atoms in total. The molecule has 0 saturated carbocycles. The predicted molar refractivity (Wildman–Crippen MR) is 67.8 cm³/mol. The van der Waals surface area contributed by atoms with Gasteiger partial charge in [0.1, 0.15) is 0 Å². The van der Waals surface area contributed by atoms with Crippen LogP contribution in [-0.2, 0) is 11.3 Å². The Morgan fingerprint density at radius 3 is 2.94 bits per heavy atom. The van der Waals surface area contributed by atoms with Gasteiger partial charge in [-0.1, -0.05) is 12.1 Å². The highest BCUT2D eigenvalue weighted by atomic mass is 16.5. The second kappa shape index (κ2) is 6.88. The van der Waals surface area contributed by atoms with Crippen molar-refractivity contribution in [2.45, 2.75) is 19.5 Å². The Morgan fingerprint density at radius 2 is 2.29 bits per heavy atom.